The summed E-state index contributed by atoms with van der Waals surface area (Å²) in [5, 5.41) is 6.44. The van der Waals surface area contributed by atoms with E-state index in [1.54, 1.807) is 12.1 Å². The van der Waals surface area contributed by atoms with E-state index in [1.165, 1.54) is 0 Å². The van der Waals surface area contributed by atoms with Crippen molar-refractivity contribution in [2.24, 2.45) is 0 Å². The van der Waals surface area contributed by atoms with Gasteiger partial charge in [0.15, 0.2) is 0 Å². The molecule has 0 aliphatic heterocycles. The van der Waals surface area contributed by atoms with Gasteiger partial charge in [0.1, 0.15) is 5.56 Å². The number of rotatable bonds is 4. The van der Waals surface area contributed by atoms with Gasteiger partial charge in [0, 0.05) is 5.52 Å². The van der Waals surface area contributed by atoms with E-state index in [-0.39, 0.29) is 17.0 Å². The van der Waals surface area contributed by atoms with Crippen LogP contribution in [0, 0.1) is 0 Å². The molecule has 1 heterocycles. The highest BCUT2D eigenvalue weighted by Crippen LogP contribution is 2.09. The van der Waals surface area contributed by atoms with Crippen LogP contribution in [-0.4, -0.2) is 24.1 Å². The Balaban J connectivity index is 2.30. The maximum absolute atomic E-state index is 11.8. The SMILES string of the molecule is CCNCNC(=O)c1cc2ccccc2[nH]c1=O. The number of carbonyl (C=O) groups excluding carboxylic acids is 1. The van der Waals surface area contributed by atoms with E-state index >= 15 is 0 Å². The summed E-state index contributed by atoms with van der Waals surface area (Å²) < 4.78 is 0. The van der Waals surface area contributed by atoms with Gasteiger partial charge < -0.3 is 15.6 Å². The fraction of sp³-hybridized carbons (Fsp3) is 0.231. The maximum atomic E-state index is 11.8. The third kappa shape index (κ3) is 2.57. The normalized spacial score (nSPS) is 10.5. The van der Waals surface area contributed by atoms with Crippen LogP contribution in [-0.2, 0) is 0 Å². The van der Waals surface area contributed by atoms with Gasteiger partial charge in [-0.1, -0.05) is 25.1 Å². The Bertz CT molecular complexity index is 619. The van der Waals surface area contributed by atoms with Crippen molar-refractivity contribution < 1.29 is 4.79 Å². The zero-order valence-electron chi connectivity index (χ0n) is 10.1. The number of H-pyrrole nitrogens is 1. The van der Waals surface area contributed by atoms with Crippen molar-refractivity contribution in [3.05, 3.63) is 46.2 Å². The van der Waals surface area contributed by atoms with Gasteiger partial charge in [0.05, 0.1) is 6.67 Å². The molecule has 2 aromatic rings. The van der Waals surface area contributed by atoms with Gasteiger partial charge in [-0.3, -0.25) is 9.59 Å². The number of para-hydroxylation sites is 1. The highest BCUT2D eigenvalue weighted by Gasteiger charge is 2.10. The van der Waals surface area contributed by atoms with E-state index < -0.39 is 0 Å². The number of carbonyl (C=O) groups is 1. The first-order valence-electron chi connectivity index (χ1n) is 5.83. The molecule has 0 fully saturated rings. The lowest BCUT2D eigenvalue weighted by molar-refractivity contribution is 0.0949. The molecule has 1 aromatic carbocycles. The van der Waals surface area contributed by atoms with E-state index in [0.29, 0.717) is 6.67 Å². The number of hydrogen-bond acceptors (Lipinski definition) is 3. The molecule has 0 spiro atoms. The largest absolute Gasteiger partial charge is 0.339 e. The van der Waals surface area contributed by atoms with Gasteiger partial charge in [-0.05, 0) is 24.1 Å². The molecule has 0 saturated carbocycles. The van der Waals surface area contributed by atoms with Crippen LogP contribution in [0.2, 0.25) is 0 Å². The second kappa shape index (κ2) is 5.46. The number of nitrogens with one attached hydrogen (secondary N) is 3. The summed E-state index contributed by atoms with van der Waals surface area (Å²) in [6.45, 7) is 3.05. The molecule has 3 N–H and O–H groups in total. The first kappa shape index (κ1) is 12.3. The molecule has 0 aliphatic carbocycles. The van der Waals surface area contributed by atoms with Crippen molar-refractivity contribution in [1.29, 1.82) is 0 Å². The molecule has 2 rings (SSSR count). The van der Waals surface area contributed by atoms with Crippen LogP contribution >= 0.6 is 0 Å². The smallest absolute Gasteiger partial charge is 0.261 e. The summed E-state index contributed by atoms with van der Waals surface area (Å²) in [4.78, 5) is 26.3. The van der Waals surface area contributed by atoms with Gasteiger partial charge in [-0.15, -0.1) is 0 Å². The molecular weight excluding hydrogens is 230 g/mol. The zero-order chi connectivity index (χ0) is 13.0. The van der Waals surface area contributed by atoms with Gasteiger partial charge in [0.2, 0.25) is 0 Å². The fourth-order valence-corrected chi connectivity index (χ4v) is 1.68. The maximum Gasteiger partial charge on any atom is 0.261 e. The summed E-state index contributed by atoms with van der Waals surface area (Å²) in [7, 11) is 0. The number of aromatic nitrogens is 1. The van der Waals surface area contributed by atoms with Crippen molar-refractivity contribution in [2.75, 3.05) is 13.2 Å². The molecule has 5 heteroatoms. The molecule has 0 saturated heterocycles. The molecule has 0 unspecified atom stereocenters. The quantitative estimate of drug-likeness (QED) is 0.551. The van der Waals surface area contributed by atoms with Crippen molar-refractivity contribution in [3.63, 3.8) is 0 Å². The van der Waals surface area contributed by atoms with Crippen LogP contribution in [0.25, 0.3) is 10.9 Å². The fourth-order valence-electron chi connectivity index (χ4n) is 1.68. The molecule has 0 radical (unpaired) electrons. The molecule has 18 heavy (non-hydrogen) atoms. The lowest BCUT2D eigenvalue weighted by Crippen LogP contribution is -2.36. The molecule has 1 amide bonds. The average Bonchev–Trinajstić information content (AvgIpc) is 2.38. The standard InChI is InChI=1S/C13H15N3O2/c1-2-14-8-15-12(17)10-7-9-5-3-4-6-11(9)16-13(10)18/h3-7,14H,2,8H2,1H3,(H,15,17)(H,16,18). The van der Waals surface area contributed by atoms with Gasteiger partial charge in [0.25, 0.3) is 11.5 Å². The molecule has 0 aliphatic rings. The monoisotopic (exact) mass is 245 g/mol. The molecule has 0 bridgehead atoms. The van der Waals surface area contributed by atoms with Crippen molar-refractivity contribution in [1.82, 2.24) is 15.6 Å². The predicted octanol–water partition coefficient (Wildman–Crippen LogP) is 0.825. The number of amides is 1. The minimum atomic E-state index is -0.373. The summed E-state index contributed by atoms with van der Waals surface area (Å²) in [5.74, 6) is -0.372. The number of aromatic amines is 1. The molecule has 1 aromatic heterocycles. The van der Waals surface area contributed by atoms with E-state index in [2.05, 4.69) is 15.6 Å². The number of fused-ring (bicyclic) bond motifs is 1. The summed E-state index contributed by atoms with van der Waals surface area (Å²) in [6.07, 6.45) is 0. The Hall–Kier alpha value is -2.14. The van der Waals surface area contributed by atoms with E-state index in [4.69, 9.17) is 0 Å². The topological polar surface area (TPSA) is 74.0 Å². The first-order chi connectivity index (χ1) is 8.72. The Morgan fingerprint density at radius 3 is 2.89 bits per heavy atom. The van der Waals surface area contributed by atoms with E-state index in [1.807, 2.05) is 25.1 Å². The summed E-state index contributed by atoms with van der Waals surface area (Å²) in [6, 6.07) is 8.96. The third-order valence-electron chi connectivity index (χ3n) is 2.62. The van der Waals surface area contributed by atoms with Crippen LogP contribution in [0.1, 0.15) is 17.3 Å². The molecule has 0 atom stereocenters. The summed E-state index contributed by atoms with van der Waals surface area (Å²) >= 11 is 0. The highest BCUT2D eigenvalue weighted by atomic mass is 16.2. The minimum Gasteiger partial charge on any atom is -0.339 e. The lowest BCUT2D eigenvalue weighted by atomic mass is 10.1. The van der Waals surface area contributed by atoms with E-state index in [9.17, 15) is 9.59 Å². The van der Waals surface area contributed by atoms with Gasteiger partial charge in [-0.2, -0.15) is 0 Å². The van der Waals surface area contributed by atoms with E-state index in [0.717, 1.165) is 17.4 Å². The van der Waals surface area contributed by atoms with Crippen LogP contribution < -0.4 is 16.2 Å². The Morgan fingerprint density at radius 1 is 1.33 bits per heavy atom. The molecule has 5 nitrogen and oxygen atoms in total. The van der Waals surface area contributed by atoms with Crippen molar-refractivity contribution in [3.8, 4) is 0 Å². The molecule has 94 valence electrons. The highest BCUT2D eigenvalue weighted by molar-refractivity contribution is 5.97. The zero-order valence-corrected chi connectivity index (χ0v) is 10.1. The Labute approximate surface area is 104 Å². The van der Waals surface area contributed by atoms with Crippen molar-refractivity contribution in [2.45, 2.75) is 6.92 Å². The lowest BCUT2D eigenvalue weighted by Gasteiger charge is -2.05. The predicted molar refractivity (Wildman–Crippen MR) is 70.6 cm³/mol. The van der Waals surface area contributed by atoms with Crippen LogP contribution in [0.15, 0.2) is 35.1 Å². The van der Waals surface area contributed by atoms with Crippen molar-refractivity contribution >= 4 is 16.8 Å². The first-order valence-corrected chi connectivity index (χ1v) is 5.83. The Morgan fingerprint density at radius 2 is 2.11 bits per heavy atom. The van der Waals surface area contributed by atoms with Crippen LogP contribution in [0.3, 0.4) is 0 Å². The number of pyridine rings is 1. The molecular formula is C13H15N3O2. The second-order valence-corrected chi connectivity index (χ2v) is 3.89. The van der Waals surface area contributed by atoms with Gasteiger partial charge >= 0.3 is 0 Å². The average molecular weight is 245 g/mol. The van der Waals surface area contributed by atoms with Crippen LogP contribution in [0.5, 0.6) is 0 Å². The van der Waals surface area contributed by atoms with Gasteiger partial charge in [-0.25, -0.2) is 0 Å². The number of benzene rings is 1. The second-order valence-electron chi connectivity index (χ2n) is 3.89. The summed E-state index contributed by atoms with van der Waals surface area (Å²) in [5.41, 5.74) is 0.486. The third-order valence-corrected chi connectivity index (χ3v) is 2.62. The minimum absolute atomic E-state index is 0.131. The van der Waals surface area contributed by atoms with Crippen LogP contribution in [0.4, 0.5) is 0 Å². The Kier molecular flexibility index (Phi) is 3.74. The number of hydrogen-bond donors (Lipinski definition) is 3.